The summed E-state index contributed by atoms with van der Waals surface area (Å²) in [6.07, 6.45) is 0. The van der Waals surface area contributed by atoms with E-state index in [1.807, 2.05) is 0 Å². The summed E-state index contributed by atoms with van der Waals surface area (Å²) in [5.41, 5.74) is 16.1. The molecule has 1 nitrogen and oxygen atoms in total. The Morgan fingerprint density at radius 3 is 1.72 bits per heavy atom. The molecule has 0 bridgehead atoms. The fraction of sp³-hybridized carbons (Fsp3) is 0.0566. The molecule has 0 N–H and O–H groups in total. The first kappa shape index (κ1) is 32.0. The number of rotatable bonds is 6. The molecule has 10 rings (SSSR count). The van der Waals surface area contributed by atoms with Crippen molar-refractivity contribution in [2.24, 2.45) is 0 Å². The first-order valence-corrected chi connectivity index (χ1v) is 18.8. The Morgan fingerprint density at radius 1 is 0.333 bits per heavy atom. The molecule has 1 aliphatic carbocycles. The smallest absolute Gasteiger partial charge is 0.0467 e. The highest BCUT2D eigenvalue weighted by molar-refractivity contribution is 5.97. The highest BCUT2D eigenvalue weighted by Gasteiger charge is 2.36. The molecule has 9 aromatic rings. The van der Waals surface area contributed by atoms with Gasteiger partial charge in [0.25, 0.3) is 0 Å². The van der Waals surface area contributed by atoms with Gasteiger partial charge in [-0.3, -0.25) is 0 Å². The van der Waals surface area contributed by atoms with Gasteiger partial charge in [-0.15, -0.1) is 0 Å². The van der Waals surface area contributed by atoms with Crippen LogP contribution >= 0.6 is 0 Å². The van der Waals surface area contributed by atoms with Crippen LogP contribution in [0.3, 0.4) is 0 Å². The summed E-state index contributed by atoms with van der Waals surface area (Å²) < 4.78 is 0. The van der Waals surface area contributed by atoms with Crippen molar-refractivity contribution in [3.8, 4) is 44.5 Å². The Morgan fingerprint density at radius 2 is 0.907 bits per heavy atom. The fourth-order valence-corrected chi connectivity index (χ4v) is 8.69. The molecule has 0 unspecified atom stereocenters. The van der Waals surface area contributed by atoms with Crippen LogP contribution in [-0.2, 0) is 5.41 Å². The second kappa shape index (κ2) is 12.8. The number of fused-ring (bicyclic) bond motifs is 5. The lowest BCUT2D eigenvalue weighted by Gasteiger charge is -2.27. The van der Waals surface area contributed by atoms with Crippen molar-refractivity contribution >= 4 is 38.6 Å². The van der Waals surface area contributed by atoms with E-state index in [0.29, 0.717) is 0 Å². The minimum Gasteiger partial charge on any atom is -0.310 e. The van der Waals surface area contributed by atoms with E-state index in [1.165, 1.54) is 77.2 Å². The van der Waals surface area contributed by atoms with Crippen LogP contribution in [0.5, 0.6) is 0 Å². The standard InChI is InChI=1S/C53H39N/c1-53(2)50-22-8-7-19-49(50)52-48(21-11-23-51(52)53)42-16-9-17-45(35-42)54(43-30-26-37(27-31-43)41-25-24-36-12-3-4-14-40(36)34-41)44-32-28-39(29-33-44)47-20-10-15-38-13-5-6-18-46(38)47/h3-35H,1-2H3. The summed E-state index contributed by atoms with van der Waals surface area (Å²) in [5, 5.41) is 5.03. The highest BCUT2D eigenvalue weighted by Crippen LogP contribution is 2.52. The molecular weight excluding hydrogens is 651 g/mol. The summed E-state index contributed by atoms with van der Waals surface area (Å²) in [6, 6.07) is 73.4. The van der Waals surface area contributed by atoms with Gasteiger partial charge in [-0.2, -0.15) is 0 Å². The maximum Gasteiger partial charge on any atom is 0.0467 e. The van der Waals surface area contributed by atoms with Crippen molar-refractivity contribution in [2.45, 2.75) is 19.3 Å². The molecule has 0 aromatic heterocycles. The SMILES string of the molecule is CC1(C)c2ccccc2-c2c(-c3cccc(N(c4ccc(-c5ccc6ccccc6c5)cc4)c4ccc(-c5cccc6ccccc56)cc4)c3)cccc21. The molecule has 256 valence electrons. The summed E-state index contributed by atoms with van der Waals surface area (Å²) >= 11 is 0. The van der Waals surface area contributed by atoms with Crippen LogP contribution in [0.1, 0.15) is 25.0 Å². The molecule has 0 saturated heterocycles. The normalized spacial score (nSPS) is 12.8. The quantitative estimate of drug-likeness (QED) is 0.168. The summed E-state index contributed by atoms with van der Waals surface area (Å²) in [5.74, 6) is 0. The van der Waals surface area contributed by atoms with E-state index in [2.05, 4.69) is 219 Å². The Kier molecular flexibility index (Phi) is 7.56. The van der Waals surface area contributed by atoms with Gasteiger partial charge in [0.05, 0.1) is 0 Å². The number of anilines is 3. The summed E-state index contributed by atoms with van der Waals surface area (Å²) in [7, 11) is 0. The molecule has 9 aromatic carbocycles. The molecule has 0 aliphatic heterocycles. The number of benzene rings is 9. The molecule has 1 aliphatic rings. The van der Waals surface area contributed by atoms with Crippen molar-refractivity contribution < 1.29 is 0 Å². The van der Waals surface area contributed by atoms with Crippen LogP contribution in [0.4, 0.5) is 17.1 Å². The van der Waals surface area contributed by atoms with E-state index in [-0.39, 0.29) is 5.41 Å². The predicted molar refractivity (Wildman–Crippen MR) is 230 cm³/mol. The summed E-state index contributed by atoms with van der Waals surface area (Å²) in [4.78, 5) is 2.39. The van der Waals surface area contributed by atoms with Gasteiger partial charge in [0.1, 0.15) is 0 Å². The van der Waals surface area contributed by atoms with Gasteiger partial charge in [0, 0.05) is 22.5 Å². The Bertz CT molecular complexity index is 2840. The minimum absolute atomic E-state index is 0.0514. The third-order valence-corrected chi connectivity index (χ3v) is 11.5. The zero-order chi connectivity index (χ0) is 36.2. The lowest BCUT2D eigenvalue weighted by molar-refractivity contribution is 0.660. The van der Waals surface area contributed by atoms with Gasteiger partial charge in [-0.1, -0.05) is 172 Å². The van der Waals surface area contributed by atoms with E-state index in [1.54, 1.807) is 0 Å². The lowest BCUT2D eigenvalue weighted by atomic mass is 9.82. The maximum atomic E-state index is 2.39. The predicted octanol–water partition coefficient (Wildman–Crippen LogP) is 14.8. The first-order chi connectivity index (χ1) is 26.5. The molecule has 54 heavy (non-hydrogen) atoms. The van der Waals surface area contributed by atoms with Crippen LogP contribution in [0.25, 0.3) is 66.1 Å². The van der Waals surface area contributed by atoms with Crippen LogP contribution < -0.4 is 4.90 Å². The van der Waals surface area contributed by atoms with E-state index in [4.69, 9.17) is 0 Å². The van der Waals surface area contributed by atoms with Crippen LogP contribution in [0.2, 0.25) is 0 Å². The van der Waals surface area contributed by atoms with Crippen molar-refractivity contribution in [2.75, 3.05) is 4.90 Å². The van der Waals surface area contributed by atoms with E-state index in [9.17, 15) is 0 Å². The monoisotopic (exact) mass is 689 g/mol. The zero-order valence-corrected chi connectivity index (χ0v) is 30.5. The van der Waals surface area contributed by atoms with Crippen molar-refractivity contribution in [3.63, 3.8) is 0 Å². The molecule has 0 saturated carbocycles. The maximum absolute atomic E-state index is 2.39. The van der Waals surface area contributed by atoms with Crippen LogP contribution in [0, 0.1) is 0 Å². The van der Waals surface area contributed by atoms with Crippen molar-refractivity contribution in [3.05, 3.63) is 211 Å². The average molecular weight is 690 g/mol. The largest absolute Gasteiger partial charge is 0.310 e. The minimum atomic E-state index is -0.0514. The molecule has 0 fully saturated rings. The molecular formula is C53H39N. The van der Waals surface area contributed by atoms with Crippen molar-refractivity contribution in [1.29, 1.82) is 0 Å². The fourth-order valence-electron chi connectivity index (χ4n) is 8.69. The third-order valence-electron chi connectivity index (χ3n) is 11.5. The van der Waals surface area contributed by atoms with Gasteiger partial charge < -0.3 is 4.90 Å². The van der Waals surface area contributed by atoms with Gasteiger partial charge in [-0.05, 0) is 120 Å². The molecule has 0 spiro atoms. The summed E-state index contributed by atoms with van der Waals surface area (Å²) in [6.45, 7) is 4.70. The van der Waals surface area contributed by atoms with Gasteiger partial charge in [-0.25, -0.2) is 0 Å². The van der Waals surface area contributed by atoms with E-state index in [0.717, 1.165) is 17.1 Å². The molecule has 0 heterocycles. The second-order valence-electron chi connectivity index (χ2n) is 15.0. The van der Waals surface area contributed by atoms with Gasteiger partial charge in [0.15, 0.2) is 0 Å². The highest BCUT2D eigenvalue weighted by atomic mass is 15.1. The van der Waals surface area contributed by atoms with Gasteiger partial charge in [0.2, 0.25) is 0 Å². The number of hydrogen-bond donors (Lipinski definition) is 0. The Balaban J connectivity index is 1.09. The third kappa shape index (κ3) is 5.32. The molecule has 0 amide bonds. The first-order valence-electron chi connectivity index (χ1n) is 18.8. The number of nitrogens with zero attached hydrogens (tertiary/aromatic N) is 1. The second-order valence-corrected chi connectivity index (χ2v) is 15.0. The van der Waals surface area contributed by atoms with Gasteiger partial charge >= 0.3 is 0 Å². The zero-order valence-electron chi connectivity index (χ0n) is 30.5. The molecule has 1 heteroatoms. The molecule has 0 atom stereocenters. The number of hydrogen-bond acceptors (Lipinski definition) is 1. The van der Waals surface area contributed by atoms with Crippen LogP contribution in [0.15, 0.2) is 200 Å². The topological polar surface area (TPSA) is 3.24 Å². The Labute approximate surface area is 317 Å². The van der Waals surface area contributed by atoms with Crippen LogP contribution in [-0.4, -0.2) is 0 Å². The Hall–Kier alpha value is -6.70. The average Bonchev–Trinajstić information content (AvgIpc) is 3.47. The molecule has 0 radical (unpaired) electrons. The van der Waals surface area contributed by atoms with E-state index >= 15 is 0 Å². The van der Waals surface area contributed by atoms with Crippen molar-refractivity contribution in [1.82, 2.24) is 0 Å². The van der Waals surface area contributed by atoms with E-state index < -0.39 is 0 Å². The lowest BCUT2D eigenvalue weighted by Crippen LogP contribution is -2.14.